The summed E-state index contributed by atoms with van der Waals surface area (Å²) in [4.78, 5) is 17.8. The number of aromatic nitrogens is 1. The maximum atomic E-state index is 14.1. The van der Waals surface area contributed by atoms with Crippen LogP contribution < -0.4 is 0 Å². The van der Waals surface area contributed by atoms with Gasteiger partial charge in [0, 0.05) is 59.5 Å². The number of aliphatic hydroxyl groups excluding tert-OH is 1. The number of alkyl halides is 1. The number of benzene rings is 3. The molecule has 0 atom stereocenters. The summed E-state index contributed by atoms with van der Waals surface area (Å²) in [6.07, 6.45) is 7.12. The van der Waals surface area contributed by atoms with Crippen molar-refractivity contribution in [3.8, 4) is 21.7 Å². The van der Waals surface area contributed by atoms with E-state index in [1.165, 1.54) is 32.9 Å². The fourth-order valence-electron chi connectivity index (χ4n) is 6.87. The maximum Gasteiger partial charge on any atom is 0.162 e. The van der Waals surface area contributed by atoms with Crippen LogP contribution in [-0.4, -0.2) is 22.5 Å². The second kappa shape index (κ2) is 19.2. The van der Waals surface area contributed by atoms with E-state index in [0.29, 0.717) is 12.3 Å². The summed E-state index contributed by atoms with van der Waals surface area (Å²) >= 11 is 1.75. The van der Waals surface area contributed by atoms with Gasteiger partial charge < -0.3 is 5.11 Å². The van der Waals surface area contributed by atoms with Crippen molar-refractivity contribution in [2.24, 2.45) is 17.3 Å². The van der Waals surface area contributed by atoms with Gasteiger partial charge in [0.1, 0.15) is 0 Å². The standard InChI is InChI=1S/C33H33FNS.C13H24O2.Ir/c1-20(2)29-17-25(16-24-9-7-8-10-28(24)29)30-32-27(13-14-35-30)22(4)31(36-32)26-12-11-23(15-21(26)3)18-33(5,6)19-34;1-5-10(6-2)12(14)9-13(15)11(7-3)8-4;/h7-15,17,20H,18-19H2,1-6H3;9-11,14H,5-8H2,1-4H3;/q-1;;/b;12-9-;/i19D2;;. The van der Waals surface area contributed by atoms with Crippen LogP contribution in [0.3, 0.4) is 0 Å². The third-order valence-electron chi connectivity index (χ3n) is 10.1. The Morgan fingerprint density at radius 2 is 1.63 bits per heavy atom. The van der Waals surface area contributed by atoms with Gasteiger partial charge in [-0.2, -0.15) is 0 Å². The van der Waals surface area contributed by atoms with Gasteiger partial charge >= 0.3 is 0 Å². The molecule has 1 radical (unpaired) electrons. The minimum atomic E-state index is -2.75. The van der Waals surface area contributed by atoms with Gasteiger partial charge in [-0.15, -0.1) is 40.5 Å². The van der Waals surface area contributed by atoms with Crippen molar-refractivity contribution in [2.75, 3.05) is 6.63 Å². The van der Waals surface area contributed by atoms with Crippen molar-refractivity contribution in [3.05, 3.63) is 101 Å². The van der Waals surface area contributed by atoms with E-state index in [4.69, 9.17) is 7.73 Å². The third-order valence-corrected chi connectivity index (χ3v) is 11.4. The quantitative estimate of drug-likeness (QED) is 0.0728. The Kier molecular flexibility index (Phi) is 14.8. The zero-order valence-electron chi connectivity index (χ0n) is 34.5. The average molecular weight is 901 g/mol. The predicted octanol–water partition coefficient (Wildman–Crippen LogP) is 13.7. The van der Waals surface area contributed by atoms with Crippen LogP contribution in [-0.2, 0) is 31.3 Å². The second-order valence-electron chi connectivity index (χ2n) is 14.7. The first-order chi connectivity index (χ1) is 25.0. The summed E-state index contributed by atoms with van der Waals surface area (Å²) in [7, 11) is 0. The molecular weight excluding hydrogens is 842 g/mol. The first-order valence-electron chi connectivity index (χ1n) is 19.5. The van der Waals surface area contributed by atoms with Gasteiger partial charge in [-0.25, -0.2) is 0 Å². The summed E-state index contributed by atoms with van der Waals surface area (Å²) in [6.45, 7) is 17.3. The number of halogens is 1. The minimum Gasteiger partial charge on any atom is -0.512 e. The van der Waals surface area contributed by atoms with E-state index in [2.05, 4.69) is 82.3 Å². The maximum absolute atomic E-state index is 14.1. The molecule has 5 rings (SSSR count). The Hall–Kier alpha value is -3.18. The number of hydrogen-bond donors (Lipinski definition) is 1. The van der Waals surface area contributed by atoms with E-state index < -0.39 is 12.0 Å². The normalized spacial score (nSPS) is 12.9. The largest absolute Gasteiger partial charge is 0.512 e. The van der Waals surface area contributed by atoms with Gasteiger partial charge in [-0.05, 0) is 91.0 Å². The topological polar surface area (TPSA) is 50.2 Å². The molecule has 2 heterocycles. The molecule has 2 aromatic heterocycles. The van der Waals surface area contributed by atoms with Gasteiger partial charge in [-0.1, -0.05) is 103 Å². The Morgan fingerprint density at radius 3 is 2.23 bits per heavy atom. The number of carbonyl (C=O) groups is 1. The van der Waals surface area contributed by atoms with Crippen LogP contribution in [0, 0.1) is 37.2 Å². The van der Waals surface area contributed by atoms with E-state index >= 15 is 0 Å². The van der Waals surface area contributed by atoms with E-state index in [-0.39, 0.29) is 43.5 Å². The Morgan fingerprint density at radius 1 is 0.981 bits per heavy atom. The molecule has 0 unspecified atom stereocenters. The van der Waals surface area contributed by atoms with Gasteiger partial charge in [-0.3, -0.25) is 14.2 Å². The molecule has 3 nitrogen and oxygen atoms in total. The fourth-order valence-corrected chi connectivity index (χ4v) is 8.27. The molecule has 0 aliphatic heterocycles. The molecule has 0 fully saturated rings. The van der Waals surface area contributed by atoms with Crippen LogP contribution in [0.4, 0.5) is 4.39 Å². The molecule has 0 amide bonds. The van der Waals surface area contributed by atoms with Gasteiger partial charge in [0.05, 0.1) is 15.1 Å². The van der Waals surface area contributed by atoms with Gasteiger partial charge in [0.25, 0.3) is 0 Å². The SMILES string of the molecule is CCC(CC)C(=O)/C=C(\O)C(CC)CC.[2H]C([2H])(F)C(C)(C)Cc1ccc(-c2sc3c(-c4[c-]c5ccccc5c(C(C)C)c4)nccc3c2C)c(C)c1.[Ir]. The number of fused-ring (bicyclic) bond motifs is 2. The van der Waals surface area contributed by atoms with E-state index in [1.807, 2.05) is 40.0 Å². The first-order valence-corrected chi connectivity index (χ1v) is 19.4. The molecule has 3 aromatic carbocycles. The van der Waals surface area contributed by atoms with Crippen molar-refractivity contribution in [1.29, 1.82) is 0 Å². The second-order valence-corrected chi connectivity index (χ2v) is 15.8. The van der Waals surface area contributed by atoms with E-state index in [9.17, 15) is 14.3 Å². The molecule has 6 heteroatoms. The number of ketones is 1. The smallest absolute Gasteiger partial charge is 0.162 e. The summed E-state index contributed by atoms with van der Waals surface area (Å²) < 4.78 is 30.4. The summed E-state index contributed by atoms with van der Waals surface area (Å²) in [5.41, 5.74) is 6.55. The Labute approximate surface area is 332 Å². The molecule has 0 aliphatic rings. The van der Waals surface area contributed by atoms with Crippen LogP contribution in [0.5, 0.6) is 0 Å². The summed E-state index contributed by atoms with van der Waals surface area (Å²) in [5.74, 6) is 0.929. The Balaban J connectivity index is 0.000000418. The molecular formula is C46H57FIrNO2S-. The number of aryl methyl sites for hydroxylation is 2. The van der Waals surface area contributed by atoms with Crippen LogP contribution in [0.1, 0.15) is 112 Å². The van der Waals surface area contributed by atoms with Crippen molar-refractivity contribution in [3.63, 3.8) is 0 Å². The predicted molar refractivity (Wildman–Crippen MR) is 218 cm³/mol. The van der Waals surface area contributed by atoms with Crippen LogP contribution in [0.2, 0.25) is 0 Å². The third kappa shape index (κ3) is 10.1. The van der Waals surface area contributed by atoms with E-state index in [0.717, 1.165) is 63.7 Å². The van der Waals surface area contributed by atoms with Crippen LogP contribution in [0.15, 0.2) is 72.6 Å². The van der Waals surface area contributed by atoms with Crippen molar-refractivity contribution in [1.82, 2.24) is 4.98 Å². The average Bonchev–Trinajstić information content (AvgIpc) is 3.44. The zero-order valence-corrected chi connectivity index (χ0v) is 35.8. The van der Waals surface area contributed by atoms with E-state index in [1.54, 1.807) is 25.2 Å². The fraction of sp³-hybridized carbons (Fsp3) is 0.435. The Bertz CT molecular complexity index is 2070. The number of aliphatic hydroxyl groups is 1. The number of nitrogens with zero attached hydrogens (tertiary/aromatic N) is 1. The first kappa shape index (κ1) is 40.0. The summed E-state index contributed by atoms with van der Waals surface area (Å²) in [5, 5.41) is 13.3. The van der Waals surface area contributed by atoms with Crippen molar-refractivity contribution < 1.29 is 37.1 Å². The molecule has 0 saturated carbocycles. The zero-order chi connectivity index (χ0) is 39.2. The number of pyridine rings is 1. The molecule has 0 aliphatic carbocycles. The molecule has 5 aromatic rings. The molecule has 1 N–H and O–H groups in total. The monoisotopic (exact) mass is 901 g/mol. The molecule has 0 bridgehead atoms. The van der Waals surface area contributed by atoms with Crippen LogP contribution >= 0.6 is 11.3 Å². The van der Waals surface area contributed by atoms with Crippen molar-refractivity contribution >= 4 is 38.0 Å². The molecule has 52 heavy (non-hydrogen) atoms. The number of thiophene rings is 1. The number of rotatable bonds is 13. The molecule has 0 saturated heterocycles. The van der Waals surface area contributed by atoms with Gasteiger partial charge in [0.15, 0.2) is 5.78 Å². The number of carbonyl (C=O) groups excluding carboxylic acids is 1. The minimum absolute atomic E-state index is 0. The molecule has 0 spiro atoms. The number of allylic oxidation sites excluding steroid dienone is 2. The number of hydrogen-bond acceptors (Lipinski definition) is 4. The summed E-state index contributed by atoms with van der Waals surface area (Å²) in [6, 6.07) is 22.6. The van der Waals surface area contributed by atoms with Gasteiger partial charge in [0.2, 0.25) is 0 Å². The van der Waals surface area contributed by atoms with Crippen molar-refractivity contribution in [2.45, 2.75) is 107 Å². The molecule has 281 valence electrons. The van der Waals surface area contributed by atoms with Crippen LogP contribution in [0.25, 0.3) is 42.6 Å².